The van der Waals surface area contributed by atoms with E-state index in [4.69, 9.17) is 4.74 Å². The molecule has 1 N–H and O–H groups in total. The SMILES string of the molecule is Cc1ccc(C)c(NC(=O)[C@@H](C)OC(=O)CCSc2nc3ccccc3s2)c1. The number of nitrogens with one attached hydrogen (secondary N) is 1. The lowest BCUT2D eigenvalue weighted by atomic mass is 10.1. The number of benzene rings is 2. The van der Waals surface area contributed by atoms with Crippen LogP contribution >= 0.6 is 23.1 Å². The van der Waals surface area contributed by atoms with E-state index in [-0.39, 0.29) is 12.3 Å². The lowest BCUT2D eigenvalue weighted by Crippen LogP contribution is -2.30. The van der Waals surface area contributed by atoms with Gasteiger partial charge in [0.05, 0.1) is 16.6 Å². The van der Waals surface area contributed by atoms with E-state index in [0.717, 1.165) is 31.4 Å². The van der Waals surface area contributed by atoms with Gasteiger partial charge in [0.15, 0.2) is 10.4 Å². The second kappa shape index (κ2) is 9.21. The molecule has 3 rings (SSSR count). The standard InChI is InChI=1S/C21H22N2O3S2/c1-13-8-9-14(2)17(12-13)22-20(25)15(3)26-19(24)10-11-27-21-23-16-6-4-5-7-18(16)28-21/h4-9,12,15H,10-11H2,1-3H3,(H,22,25)/t15-/m1/s1. The molecule has 1 amide bonds. The van der Waals surface area contributed by atoms with Crippen molar-refractivity contribution in [1.82, 2.24) is 4.98 Å². The van der Waals surface area contributed by atoms with Crippen LogP contribution in [0, 0.1) is 13.8 Å². The average molecular weight is 415 g/mol. The monoisotopic (exact) mass is 414 g/mol. The highest BCUT2D eigenvalue weighted by Gasteiger charge is 2.18. The maximum absolute atomic E-state index is 12.3. The van der Waals surface area contributed by atoms with E-state index in [1.807, 2.05) is 56.3 Å². The molecule has 7 heteroatoms. The number of fused-ring (bicyclic) bond motifs is 1. The number of thiazole rings is 1. The van der Waals surface area contributed by atoms with Gasteiger partial charge < -0.3 is 10.1 Å². The number of anilines is 1. The molecule has 3 aromatic rings. The molecule has 1 aromatic heterocycles. The van der Waals surface area contributed by atoms with Gasteiger partial charge >= 0.3 is 5.97 Å². The van der Waals surface area contributed by atoms with Crippen molar-refractivity contribution >= 4 is 50.9 Å². The van der Waals surface area contributed by atoms with E-state index < -0.39 is 12.1 Å². The van der Waals surface area contributed by atoms with Crippen LogP contribution in [0.3, 0.4) is 0 Å². The van der Waals surface area contributed by atoms with E-state index in [1.165, 1.54) is 11.8 Å². The van der Waals surface area contributed by atoms with Gasteiger partial charge in [-0.25, -0.2) is 4.98 Å². The fraction of sp³-hybridized carbons (Fsp3) is 0.286. The molecule has 0 aliphatic heterocycles. The normalized spacial score (nSPS) is 12.0. The number of ether oxygens (including phenoxy) is 1. The molecule has 2 aromatic carbocycles. The molecule has 0 fully saturated rings. The Balaban J connectivity index is 1.45. The van der Waals surface area contributed by atoms with Crippen molar-refractivity contribution < 1.29 is 14.3 Å². The molecule has 0 spiro atoms. The van der Waals surface area contributed by atoms with Crippen LogP contribution < -0.4 is 5.32 Å². The van der Waals surface area contributed by atoms with Gasteiger partial charge in [-0.15, -0.1) is 11.3 Å². The Kier molecular flexibility index (Phi) is 6.70. The fourth-order valence-corrected chi connectivity index (χ4v) is 4.61. The van der Waals surface area contributed by atoms with E-state index >= 15 is 0 Å². The first kappa shape index (κ1) is 20.4. The third-order valence-electron chi connectivity index (χ3n) is 4.13. The zero-order valence-corrected chi connectivity index (χ0v) is 17.7. The summed E-state index contributed by atoms with van der Waals surface area (Å²) in [7, 11) is 0. The highest BCUT2D eigenvalue weighted by Crippen LogP contribution is 2.29. The number of aryl methyl sites for hydroxylation is 2. The zero-order chi connectivity index (χ0) is 20.1. The molecule has 0 aliphatic carbocycles. The molecule has 1 heterocycles. The van der Waals surface area contributed by atoms with Gasteiger partial charge in [0.25, 0.3) is 5.91 Å². The predicted molar refractivity (Wildman–Crippen MR) is 115 cm³/mol. The minimum absolute atomic E-state index is 0.224. The van der Waals surface area contributed by atoms with Crippen molar-refractivity contribution in [3.8, 4) is 0 Å². The highest BCUT2D eigenvalue weighted by molar-refractivity contribution is 8.01. The van der Waals surface area contributed by atoms with E-state index in [2.05, 4.69) is 10.3 Å². The van der Waals surface area contributed by atoms with Crippen molar-refractivity contribution in [3.05, 3.63) is 53.6 Å². The van der Waals surface area contributed by atoms with Gasteiger partial charge in [0.1, 0.15) is 0 Å². The number of hydrogen-bond acceptors (Lipinski definition) is 6. The Bertz CT molecular complexity index is 967. The highest BCUT2D eigenvalue weighted by atomic mass is 32.2. The van der Waals surface area contributed by atoms with Crippen LogP contribution in [0.15, 0.2) is 46.8 Å². The minimum atomic E-state index is -0.847. The molecule has 1 atom stereocenters. The van der Waals surface area contributed by atoms with Crippen LogP contribution in [0.25, 0.3) is 10.2 Å². The van der Waals surface area contributed by atoms with E-state index in [9.17, 15) is 9.59 Å². The first-order chi connectivity index (χ1) is 13.4. The van der Waals surface area contributed by atoms with Crippen LogP contribution in [0.1, 0.15) is 24.5 Å². The number of nitrogens with zero attached hydrogens (tertiary/aromatic N) is 1. The minimum Gasteiger partial charge on any atom is -0.453 e. The summed E-state index contributed by atoms with van der Waals surface area (Å²) in [6.45, 7) is 5.46. The van der Waals surface area contributed by atoms with Gasteiger partial charge in [0.2, 0.25) is 0 Å². The zero-order valence-electron chi connectivity index (χ0n) is 16.0. The van der Waals surface area contributed by atoms with Gasteiger partial charge in [0, 0.05) is 11.4 Å². The maximum Gasteiger partial charge on any atom is 0.307 e. The third-order valence-corrected chi connectivity index (χ3v) is 6.32. The fourth-order valence-electron chi connectivity index (χ4n) is 2.55. The van der Waals surface area contributed by atoms with Gasteiger partial charge in [-0.05, 0) is 50.1 Å². The molecule has 5 nitrogen and oxygen atoms in total. The van der Waals surface area contributed by atoms with E-state index in [1.54, 1.807) is 18.3 Å². The van der Waals surface area contributed by atoms with Crippen LogP contribution in [0.2, 0.25) is 0 Å². The number of carbonyl (C=O) groups excluding carboxylic acids is 2. The number of carbonyl (C=O) groups is 2. The summed E-state index contributed by atoms with van der Waals surface area (Å²) in [6.07, 6.45) is -0.623. The van der Waals surface area contributed by atoms with Crippen LogP contribution in [-0.2, 0) is 14.3 Å². The number of thioether (sulfide) groups is 1. The molecule has 0 unspecified atom stereocenters. The second-order valence-electron chi connectivity index (χ2n) is 6.49. The second-order valence-corrected chi connectivity index (χ2v) is 8.86. The lowest BCUT2D eigenvalue weighted by molar-refractivity contribution is -0.152. The first-order valence-electron chi connectivity index (χ1n) is 8.98. The summed E-state index contributed by atoms with van der Waals surface area (Å²) < 4.78 is 7.32. The summed E-state index contributed by atoms with van der Waals surface area (Å²) in [6, 6.07) is 13.8. The van der Waals surface area contributed by atoms with Crippen molar-refractivity contribution in [1.29, 1.82) is 0 Å². The molecular formula is C21H22N2O3S2. The van der Waals surface area contributed by atoms with Gasteiger partial charge in [-0.3, -0.25) is 9.59 Å². The molecule has 0 radical (unpaired) electrons. The topological polar surface area (TPSA) is 68.3 Å². The number of rotatable bonds is 7. The van der Waals surface area contributed by atoms with Gasteiger partial charge in [-0.1, -0.05) is 36.0 Å². The molecule has 0 aliphatic rings. The summed E-state index contributed by atoms with van der Waals surface area (Å²) >= 11 is 3.13. The third kappa shape index (κ3) is 5.33. The average Bonchev–Trinajstić information content (AvgIpc) is 3.07. The Morgan fingerprint density at radius 3 is 2.79 bits per heavy atom. The number of hydrogen-bond donors (Lipinski definition) is 1. The Hall–Kier alpha value is -2.38. The number of amides is 1. The van der Waals surface area contributed by atoms with Gasteiger partial charge in [-0.2, -0.15) is 0 Å². The van der Waals surface area contributed by atoms with Crippen LogP contribution in [0.5, 0.6) is 0 Å². The Labute approximate surface area is 172 Å². The smallest absolute Gasteiger partial charge is 0.307 e. The molecule has 0 saturated heterocycles. The molecular weight excluding hydrogens is 392 g/mol. The van der Waals surface area contributed by atoms with Crippen molar-refractivity contribution in [2.75, 3.05) is 11.1 Å². The largest absolute Gasteiger partial charge is 0.453 e. The Morgan fingerprint density at radius 2 is 2.00 bits per heavy atom. The summed E-state index contributed by atoms with van der Waals surface area (Å²) in [5, 5.41) is 2.82. The van der Waals surface area contributed by atoms with Crippen molar-refractivity contribution in [2.24, 2.45) is 0 Å². The predicted octanol–water partition coefficient (Wildman–Crippen LogP) is 4.97. The molecule has 0 saturated carbocycles. The Morgan fingerprint density at radius 1 is 1.21 bits per heavy atom. The van der Waals surface area contributed by atoms with Crippen LogP contribution in [0.4, 0.5) is 5.69 Å². The maximum atomic E-state index is 12.3. The van der Waals surface area contributed by atoms with Crippen molar-refractivity contribution in [2.45, 2.75) is 37.6 Å². The summed E-state index contributed by atoms with van der Waals surface area (Å²) in [5.74, 6) is -0.164. The molecule has 0 bridgehead atoms. The number of para-hydroxylation sites is 1. The quantitative estimate of drug-likeness (QED) is 0.437. The number of aromatic nitrogens is 1. The summed E-state index contributed by atoms with van der Waals surface area (Å²) in [5.41, 5.74) is 3.72. The van der Waals surface area contributed by atoms with E-state index in [0.29, 0.717) is 5.75 Å². The summed E-state index contributed by atoms with van der Waals surface area (Å²) in [4.78, 5) is 28.9. The molecule has 146 valence electrons. The lowest BCUT2D eigenvalue weighted by Gasteiger charge is -2.15. The van der Waals surface area contributed by atoms with Crippen molar-refractivity contribution in [3.63, 3.8) is 0 Å². The number of esters is 1. The first-order valence-corrected chi connectivity index (χ1v) is 10.8. The molecule has 28 heavy (non-hydrogen) atoms. The van der Waals surface area contributed by atoms with Crippen LogP contribution in [-0.4, -0.2) is 28.7 Å².